The van der Waals surface area contributed by atoms with Gasteiger partial charge in [-0.3, -0.25) is 4.79 Å². The first-order valence-electron chi connectivity index (χ1n) is 9.63. The summed E-state index contributed by atoms with van der Waals surface area (Å²) in [5.74, 6) is -0.00774. The molecule has 1 amide bonds. The lowest BCUT2D eigenvalue weighted by Crippen LogP contribution is -2.50. The number of benzene rings is 1. The van der Waals surface area contributed by atoms with Gasteiger partial charge in [0.25, 0.3) is 5.91 Å². The Labute approximate surface area is 168 Å². The molecule has 0 saturated carbocycles. The molecule has 3 heterocycles. The number of carbonyl (C=O) groups excluding carboxylic acids is 1. The maximum absolute atomic E-state index is 13.3. The van der Waals surface area contributed by atoms with Crippen LogP contribution in [0.4, 0.5) is 4.39 Å². The quantitative estimate of drug-likeness (QED) is 0.731. The van der Waals surface area contributed by atoms with Crippen molar-refractivity contribution in [3.8, 4) is 5.88 Å². The number of nitrogens with one attached hydrogen (secondary N) is 1. The summed E-state index contributed by atoms with van der Waals surface area (Å²) in [7, 11) is 1.81. The maximum Gasteiger partial charge on any atom is 0.261 e. The fraction of sp³-hybridized carbons (Fsp3) is 0.381. The third-order valence-corrected chi connectivity index (χ3v) is 5.24. The predicted molar refractivity (Wildman–Crippen MR) is 107 cm³/mol. The second-order valence-electron chi connectivity index (χ2n) is 7.36. The van der Waals surface area contributed by atoms with E-state index in [-0.39, 0.29) is 24.4 Å². The number of ether oxygens (including phenoxy) is 1. The molecule has 4 rings (SSSR count). The largest absolute Gasteiger partial charge is 0.466 e. The standard InChI is InChI=1S/C21H24FN5O2/c1-13-10-14(2)24-20-19(13)21(25-26(20)3)29-12-18(28)27-9-8-23-11-17(27)15-4-6-16(22)7-5-15/h4-7,10,17,23H,8-9,11-12H2,1-3H3. The van der Waals surface area contributed by atoms with Crippen molar-refractivity contribution in [2.24, 2.45) is 7.05 Å². The summed E-state index contributed by atoms with van der Waals surface area (Å²) in [6.07, 6.45) is 0. The predicted octanol–water partition coefficient (Wildman–Crippen LogP) is 2.28. The second kappa shape index (κ2) is 7.79. The molecule has 3 aromatic rings. The molecule has 0 radical (unpaired) electrons. The molecule has 0 spiro atoms. The van der Waals surface area contributed by atoms with E-state index in [2.05, 4.69) is 15.4 Å². The van der Waals surface area contributed by atoms with Gasteiger partial charge in [-0.25, -0.2) is 14.1 Å². The molecule has 1 unspecified atom stereocenters. The van der Waals surface area contributed by atoms with Crippen LogP contribution in [0.25, 0.3) is 11.0 Å². The highest BCUT2D eigenvalue weighted by atomic mass is 19.1. The minimum Gasteiger partial charge on any atom is -0.466 e. The molecule has 1 saturated heterocycles. The topological polar surface area (TPSA) is 72.3 Å². The molecule has 1 aliphatic rings. The van der Waals surface area contributed by atoms with E-state index >= 15 is 0 Å². The number of nitrogens with zero attached hydrogens (tertiary/aromatic N) is 4. The van der Waals surface area contributed by atoms with Gasteiger partial charge in [0.1, 0.15) is 5.82 Å². The SMILES string of the molecule is Cc1cc(C)c2c(OCC(=O)N3CCNCC3c3ccc(F)cc3)nn(C)c2n1. The van der Waals surface area contributed by atoms with E-state index in [0.29, 0.717) is 25.5 Å². The van der Waals surface area contributed by atoms with Crippen molar-refractivity contribution < 1.29 is 13.9 Å². The zero-order chi connectivity index (χ0) is 20.5. The Morgan fingerprint density at radius 1 is 1.31 bits per heavy atom. The van der Waals surface area contributed by atoms with Crippen LogP contribution in [0, 0.1) is 19.7 Å². The third kappa shape index (κ3) is 3.80. The summed E-state index contributed by atoms with van der Waals surface area (Å²) >= 11 is 0. The van der Waals surface area contributed by atoms with Crippen LogP contribution in [0.2, 0.25) is 0 Å². The van der Waals surface area contributed by atoms with Gasteiger partial charge in [0.15, 0.2) is 12.3 Å². The molecular weight excluding hydrogens is 373 g/mol. The van der Waals surface area contributed by atoms with Crippen LogP contribution in [0.1, 0.15) is 22.9 Å². The van der Waals surface area contributed by atoms with Gasteiger partial charge in [-0.1, -0.05) is 12.1 Å². The van der Waals surface area contributed by atoms with Crippen molar-refractivity contribution >= 4 is 16.9 Å². The average Bonchev–Trinajstić information content (AvgIpc) is 3.02. The third-order valence-electron chi connectivity index (χ3n) is 5.24. The van der Waals surface area contributed by atoms with Gasteiger partial charge in [0, 0.05) is 32.4 Å². The van der Waals surface area contributed by atoms with E-state index in [4.69, 9.17) is 4.74 Å². The van der Waals surface area contributed by atoms with Crippen LogP contribution < -0.4 is 10.1 Å². The summed E-state index contributed by atoms with van der Waals surface area (Å²) in [6.45, 7) is 5.69. The van der Waals surface area contributed by atoms with E-state index in [0.717, 1.165) is 27.9 Å². The van der Waals surface area contributed by atoms with E-state index in [1.165, 1.54) is 12.1 Å². The molecule has 0 aliphatic carbocycles. The molecule has 0 bridgehead atoms. The lowest BCUT2D eigenvalue weighted by molar-refractivity contribution is -0.136. The van der Waals surface area contributed by atoms with E-state index in [1.54, 1.807) is 21.7 Å². The van der Waals surface area contributed by atoms with Gasteiger partial charge in [0.2, 0.25) is 5.88 Å². The Bertz CT molecular complexity index is 1050. The van der Waals surface area contributed by atoms with Crippen LogP contribution in [0.3, 0.4) is 0 Å². The van der Waals surface area contributed by atoms with Gasteiger partial charge >= 0.3 is 0 Å². The average molecular weight is 397 g/mol. The Balaban J connectivity index is 1.53. The Morgan fingerprint density at radius 2 is 2.07 bits per heavy atom. The highest BCUT2D eigenvalue weighted by Gasteiger charge is 2.28. The number of fused-ring (bicyclic) bond motifs is 1. The smallest absolute Gasteiger partial charge is 0.261 e. The zero-order valence-corrected chi connectivity index (χ0v) is 16.8. The van der Waals surface area contributed by atoms with Gasteiger partial charge in [-0.05, 0) is 43.2 Å². The molecule has 1 aromatic carbocycles. The van der Waals surface area contributed by atoms with Crippen LogP contribution >= 0.6 is 0 Å². The number of halogens is 1. The van der Waals surface area contributed by atoms with Crippen molar-refractivity contribution in [2.75, 3.05) is 26.2 Å². The number of aryl methyl sites for hydroxylation is 3. The number of piperazine rings is 1. The highest BCUT2D eigenvalue weighted by Crippen LogP contribution is 2.28. The molecular formula is C21H24FN5O2. The Morgan fingerprint density at radius 3 is 2.83 bits per heavy atom. The van der Waals surface area contributed by atoms with Crippen LogP contribution in [-0.2, 0) is 11.8 Å². The van der Waals surface area contributed by atoms with Gasteiger partial charge in [-0.15, -0.1) is 5.10 Å². The maximum atomic E-state index is 13.3. The van der Waals surface area contributed by atoms with Crippen LogP contribution in [0.15, 0.2) is 30.3 Å². The molecule has 29 heavy (non-hydrogen) atoms. The van der Waals surface area contributed by atoms with Gasteiger partial charge < -0.3 is 15.0 Å². The molecule has 1 aliphatic heterocycles. The van der Waals surface area contributed by atoms with E-state index in [9.17, 15) is 9.18 Å². The fourth-order valence-electron chi connectivity index (χ4n) is 3.85. The molecule has 1 N–H and O–H groups in total. The first-order valence-corrected chi connectivity index (χ1v) is 9.63. The first kappa shape index (κ1) is 19.3. The number of pyridine rings is 1. The molecule has 1 atom stereocenters. The summed E-state index contributed by atoms with van der Waals surface area (Å²) in [5.41, 5.74) is 3.54. The molecule has 2 aromatic heterocycles. The first-order chi connectivity index (χ1) is 13.9. The molecule has 152 valence electrons. The number of hydrogen-bond donors (Lipinski definition) is 1. The van der Waals surface area contributed by atoms with Crippen molar-refractivity contribution in [1.29, 1.82) is 0 Å². The summed E-state index contributed by atoms with van der Waals surface area (Å²) in [4.78, 5) is 19.3. The fourth-order valence-corrected chi connectivity index (χ4v) is 3.85. The van der Waals surface area contributed by atoms with Gasteiger partial charge in [0.05, 0.1) is 11.4 Å². The van der Waals surface area contributed by atoms with Gasteiger partial charge in [-0.2, -0.15) is 0 Å². The lowest BCUT2D eigenvalue weighted by atomic mass is 10.0. The second-order valence-corrected chi connectivity index (χ2v) is 7.36. The number of rotatable bonds is 4. The number of aromatic nitrogens is 3. The normalized spacial score (nSPS) is 17.0. The van der Waals surface area contributed by atoms with E-state index in [1.807, 2.05) is 27.0 Å². The minimum atomic E-state index is -0.292. The minimum absolute atomic E-state index is 0.114. The molecule has 1 fully saturated rings. The van der Waals surface area contributed by atoms with Crippen molar-refractivity contribution in [1.82, 2.24) is 25.0 Å². The van der Waals surface area contributed by atoms with Crippen molar-refractivity contribution in [3.05, 3.63) is 53.0 Å². The van der Waals surface area contributed by atoms with Crippen molar-refractivity contribution in [2.45, 2.75) is 19.9 Å². The number of hydrogen-bond acceptors (Lipinski definition) is 5. The Hall–Kier alpha value is -3.00. The van der Waals surface area contributed by atoms with Crippen LogP contribution in [0.5, 0.6) is 5.88 Å². The Kier molecular flexibility index (Phi) is 5.19. The summed E-state index contributed by atoms with van der Waals surface area (Å²) in [6, 6.07) is 8.09. The molecule has 7 nitrogen and oxygen atoms in total. The van der Waals surface area contributed by atoms with Crippen molar-refractivity contribution in [3.63, 3.8) is 0 Å². The lowest BCUT2D eigenvalue weighted by Gasteiger charge is -2.36. The summed E-state index contributed by atoms with van der Waals surface area (Å²) < 4.78 is 20.8. The number of carbonyl (C=O) groups is 1. The number of amides is 1. The highest BCUT2D eigenvalue weighted by molar-refractivity contribution is 5.86. The molecule has 8 heteroatoms. The summed E-state index contributed by atoms with van der Waals surface area (Å²) in [5, 5.41) is 8.52. The van der Waals surface area contributed by atoms with Crippen LogP contribution in [-0.4, -0.2) is 51.8 Å². The zero-order valence-electron chi connectivity index (χ0n) is 16.8. The van der Waals surface area contributed by atoms with E-state index < -0.39 is 0 Å². The monoisotopic (exact) mass is 397 g/mol.